The summed E-state index contributed by atoms with van der Waals surface area (Å²) in [5, 5.41) is 0. The molecule has 0 heterocycles. The molecule has 0 aliphatic carbocycles. The summed E-state index contributed by atoms with van der Waals surface area (Å²) in [4.78, 5) is 0. The van der Waals surface area contributed by atoms with Crippen molar-refractivity contribution in [2.75, 3.05) is 87.4 Å². The van der Waals surface area contributed by atoms with Gasteiger partial charge in [0, 0.05) is 41.2 Å². The molecule has 0 aliphatic rings. The lowest BCUT2D eigenvalue weighted by atomic mass is 10.1. The average Bonchev–Trinajstić information content (AvgIpc) is 2.88. The minimum Gasteiger partial charge on any atom is -0.384 e. The highest BCUT2D eigenvalue weighted by atomic mass is 16.6. The fourth-order valence-corrected chi connectivity index (χ4v) is 2.15. The number of ether oxygens (including phenoxy) is 7. The van der Waals surface area contributed by atoms with Crippen LogP contribution < -0.4 is 0 Å². The molecule has 230 valence electrons. The molecule has 0 N–H and O–H groups in total. The van der Waals surface area contributed by atoms with Crippen molar-refractivity contribution < 1.29 is 33.2 Å². The van der Waals surface area contributed by atoms with Gasteiger partial charge in [-0.15, -0.1) is 6.58 Å². The van der Waals surface area contributed by atoms with Gasteiger partial charge in [0.15, 0.2) is 0 Å². The number of rotatable bonds is 22. The van der Waals surface area contributed by atoms with E-state index < -0.39 is 0 Å². The SMILES string of the molecule is C.C.C=CCOCC(COCCOCC(C)CC)OC.CCC(C)COC.CCC(C)COCCOC. The fourth-order valence-electron chi connectivity index (χ4n) is 2.15. The molecule has 7 nitrogen and oxygen atoms in total. The van der Waals surface area contributed by atoms with Crippen molar-refractivity contribution in [3.8, 4) is 0 Å². The van der Waals surface area contributed by atoms with Crippen molar-refractivity contribution in [2.45, 2.75) is 81.8 Å². The lowest BCUT2D eigenvalue weighted by Crippen LogP contribution is -2.25. The summed E-state index contributed by atoms with van der Waals surface area (Å²) in [6.45, 7) is 23.5. The molecule has 7 heteroatoms. The summed E-state index contributed by atoms with van der Waals surface area (Å²) in [5.41, 5.74) is 0. The van der Waals surface area contributed by atoms with Gasteiger partial charge in [0.1, 0.15) is 6.10 Å². The lowest BCUT2D eigenvalue weighted by molar-refractivity contribution is -0.0480. The van der Waals surface area contributed by atoms with E-state index in [1.165, 1.54) is 12.8 Å². The Morgan fingerprint density at radius 2 is 0.973 bits per heavy atom. The zero-order chi connectivity index (χ0) is 27.2. The zero-order valence-electron chi connectivity index (χ0n) is 24.6. The highest BCUT2D eigenvalue weighted by Crippen LogP contribution is 2.01. The van der Waals surface area contributed by atoms with Gasteiger partial charge in [-0.3, -0.25) is 0 Å². The third-order valence-corrected chi connectivity index (χ3v) is 5.33. The maximum atomic E-state index is 5.49. The molecule has 0 bridgehead atoms. The molecular formula is C30H68O7. The second-order valence-electron chi connectivity index (χ2n) is 8.90. The first-order valence-corrected chi connectivity index (χ1v) is 13.3. The van der Waals surface area contributed by atoms with Gasteiger partial charge < -0.3 is 33.2 Å². The van der Waals surface area contributed by atoms with Crippen molar-refractivity contribution in [1.82, 2.24) is 0 Å². The van der Waals surface area contributed by atoms with Crippen LogP contribution in [-0.2, 0) is 33.2 Å². The van der Waals surface area contributed by atoms with E-state index in [1.807, 2.05) is 0 Å². The normalized spacial score (nSPS) is 13.3. The molecule has 0 amide bonds. The molecule has 0 fully saturated rings. The summed E-state index contributed by atoms with van der Waals surface area (Å²) in [6.07, 6.45) is 5.24. The van der Waals surface area contributed by atoms with Crippen LogP contribution in [0.25, 0.3) is 0 Å². The molecular weight excluding hydrogens is 472 g/mol. The second-order valence-corrected chi connectivity index (χ2v) is 8.90. The van der Waals surface area contributed by atoms with Crippen molar-refractivity contribution in [2.24, 2.45) is 17.8 Å². The fraction of sp³-hybridized carbons (Fsp3) is 0.933. The summed E-state index contributed by atoms with van der Waals surface area (Å²) in [7, 11) is 5.09. The van der Waals surface area contributed by atoms with Gasteiger partial charge in [-0.2, -0.15) is 0 Å². The van der Waals surface area contributed by atoms with Gasteiger partial charge in [0.05, 0.1) is 46.2 Å². The van der Waals surface area contributed by atoms with Crippen LogP contribution in [-0.4, -0.2) is 93.5 Å². The maximum Gasteiger partial charge on any atom is 0.104 e. The van der Waals surface area contributed by atoms with E-state index >= 15 is 0 Å². The van der Waals surface area contributed by atoms with Crippen molar-refractivity contribution in [3.05, 3.63) is 12.7 Å². The lowest BCUT2D eigenvalue weighted by Gasteiger charge is -2.15. The summed E-state index contributed by atoms with van der Waals surface area (Å²) in [5.74, 6) is 2.02. The zero-order valence-corrected chi connectivity index (χ0v) is 24.6. The van der Waals surface area contributed by atoms with E-state index in [0.29, 0.717) is 51.5 Å². The second kappa shape index (κ2) is 40.0. The smallest absolute Gasteiger partial charge is 0.104 e. The first-order valence-electron chi connectivity index (χ1n) is 13.3. The van der Waals surface area contributed by atoms with Crippen LogP contribution in [0.5, 0.6) is 0 Å². The molecule has 0 aromatic heterocycles. The first-order chi connectivity index (χ1) is 16.9. The Morgan fingerprint density at radius 1 is 0.568 bits per heavy atom. The molecule has 0 aromatic rings. The van der Waals surface area contributed by atoms with Gasteiger partial charge >= 0.3 is 0 Å². The standard InChI is InChI=1S/C14H28O4.C8H18O2.C6H14O.2CH4/c1-5-7-16-11-14(15-4)12-18-9-8-17-10-13(3)6-2;1-4-8(2)7-10-6-5-9-3;1-4-6(2)5-7-3;;/h5,13-14H,1,6-12H2,2-4H3;8H,4-7H2,1-3H3;6H,4-5H2,1-3H3;2*1H4. The number of hydrogen-bond donors (Lipinski definition) is 0. The van der Waals surface area contributed by atoms with Crippen molar-refractivity contribution in [1.29, 1.82) is 0 Å². The van der Waals surface area contributed by atoms with E-state index in [0.717, 1.165) is 38.8 Å². The van der Waals surface area contributed by atoms with Crippen LogP contribution in [0.2, 0.25) is 0 Å². The van der Waals surface area contributed by atoms with Crippen molar-refractivity contribution >= 4 is 0 Å². The predicted molar refractivity (Wildman–Crippen MR) is 160 cm³/mol. The van der Waals surface area contributed by atoms with E-state index in [4.69, 9.17) is 33.2 Å². The highest BCUT2D eigenvalue weighted by molar-refractivity contribution is 4.65. The summed E-state index contributed by atoms with van der Waals surface area (Å²) in [6, 6.07) is 0. The molecule has 0 saturated carbocycles. The molecule has 0 radical (unpaired) electrons. The van der Waals surface area contributed by atoms with E-state index in [-0.39, 0.29) is 21.0 Å². The highest BCUT2D eigenvalue weighted by Gasteiger charge is 2.07. The number of methoxy groups -OCH3 is 3. The van der Waals surface area contributed by atoms with E-state index in [9.17, 15) is 0 Å². The predicted octanol–water partition coefficient (Wildman–Crippen LogP) is 6.93. The monoisotopic (exact) mass is 540 g/mol. The Kier molecular flexibility index (Phi) is 50.0. The largest absolute Gasteiger partial charge is 0.384 e. The minimum atomic E-state index is -0.0282. The van der Waals surface area contributed by atoms with Crippen LogP contribution in [0.1, 0.15) is 75.7 Å². The van der Waals surface area contributed by atoms with Crippen LogP contribution in [0, 0.1) is 17.8 Å². The molecule has 4 atom stereocenters. The van der Waals surface area contributed by atoms with Crippen LogP contribution in [0.3, 0.4) is 0 Å². The quantitative estimate of drug-likeness (QED) is 0.109. The molecule has 0 aromatic carbocycles. The Morgan fingerprint density at radius 3 is 1.32 bits per heavy atom. The first kappa shape index (κ1) is 46.3. The molecule has 0 saturated heterocycles. The Labute approximate surface area is 232 Å². The topological polar surface area (TPSA) is 64.6 Å². The van der Waals surface area contributed by atoms with Crippen LogP contribution in [0.4, 0.5) is 0 Å². The van der Waals surface area contributed by atoms with Crippen LogP contribution in [0.15, 0.2) is 12.7 Å². The molecule has 4 unspecified atom stereocenters. The van der Waals surface area contributed by atoms with E-state index in [1.54, 1.807) is 27.4 Å². The van der Waals surface area contributed by atoms with Gasteiger partial charge in [-0.25, -0.2) is 0 Å². The molecule has 0 rings (SSSR count). The Hall–Kier alpha value is -0.540. The summed E-state index contributed by atoms with van der Waals surface area (Å²) >= 11 is 0. The molecule has 0 aliphatic heterocycles. The molecule has 37 heavy (non-hydrogen) atoms. The maximum absolute atomic E-state index is 5.49. The van der Waals surface area contributed by atoms with Gasteiger partial charge in [0.2, 0.25) is 0 Å². The van der Waals surface area contributed by atoms with E-state index in [2.05, 4.69) is 48.1 Å². The van der Waals surface area contributed by atoms with Crippen LogP contribution >= 0.6 is 0 Å². The van der Waals surface area contributed by atoms with Crippen molar-refractivity contribution in [3.63, 3.8) is 0 Å². The number of hydrogen-bond acceptors (Lipinski definition) is 7. The average molecular weight is 541 g/mol. The third kappa shape index (κ3) is 42.8. The Balaban J connectivity index is -0.000000152. The Bertz CT molecular complexity index is 383. The molecule has 0 spiro atoms. The summed E-state index contributed by atoms with van der Waals surface area (Å²) < 4.78 is 36.5. The van der Waals surface area contributed by atoms with Gasteiger partial charge in [-0.1, -0.05) is 81.7 Å². The van der Waals surface area contributed by atoms with Gasteiger partial charge in [0.25, 0.3) is 0 Å². The third-order valence-electron chi connectivity index (χ3n) is 5.33. The minimum absolute atomic E-state index is 0. The van der Waals surface area contributed by atoms with Gasteiger partial charge in [-0.05, 0) is 17.8 Å².